The lowest BCUT2D eigenvalue weighted by Crippen LogP contribution is -2.48. The monoisotopic (exact) mass is 476 g/mol. The van der Waals surface area contributed by atoms with E-state index < -0.39 is 17.5 Å². The Hall–Kier alpha value is -3.35. The number of amides is 2. The number of nitrogens with one attached hydrogen (secondary N) is 2. The van der Waals surface area contributed by atoms with Crippen LogP contribution in [0.3, 0.4) is 0 Å². The molecular formula is C28H32N2O5. The minimum Gasteiger partial charge on any atom is -0.481 e. The molecule has 0 aromatic heterocycles. The van der Waals surface area contributed by atoms with E-state index in [2.05, 4.69) is 34.9 Å². The molecular weight excluding hydrogens is 444 g/mol. The van der Waals surface area contributed by atoms with Gasteiger partial charge in [0.15, 0.2) is 0 Å². The fourth-order valence-electron chi connectivity index (χ4n) is 5.59. The van der Waals surface area contributed by atoms with Gasteiger partial charge in [-0.25, -0.2) is 4.79 Å². The minimum absolute atomic E-state index is 0.0212. The number of carboxylic acid groups (broad SMARTS) is 1. The van der Waals surface area contributed by atoms with E-state index >= 15 is 0 Å². The van der Waals surface area contributed by atoms with Crippen LogP contribution in [0.4, 0.5) is 4.79 Å². The van der Waals surface area contributed by atoms with E-state index in [9.17, 15) is 19.5 Å². The lowest BCUT2D eigenvalue weighted by Gasteiger charge is -2.26. The molecule has 184 valence electrons. The molecule has 3 N–H and O–H groups in total. The third-order valence-electron chi connectivity index (χ3n) is 7.91. The maximum absolute atomic E-state index is 13.0. The molecule has 2 atom stereocenters. The van der Waals surface area contributed by atoms with Gasteiger partial charge in [0.2, 0.25) is 5.91 Å². The second-order valence-electron chi connectivity index (χ2n) is 10.1. The van der Waals surface area contributed by atoms with E-state index in [0.717, 1.165) is 30.4 Å². The largest absolute Gasteiger partial charge is 0.481 e. The predicted octanol–water partition coefficient (Wildman–Crippen LogP) is 4.46. The number of hydrogen-bond donors (Lipinski definition) is 3. The molecule has 2 fully saturated rings. The van der Waals surface area contributed by atoms with Crippen molar-refractivity contribution in [2.45, 2.75) is 56.9 Å². The molecule has 7 heteroatoms. The van der Waals surface area contributed by atoms with Crippen LogP contribution in [-0.4, -0.2) is 42.3 Å². The van der Waals surface area contributed by atoms with Crippen LogP contribution in [0.25, 0.3) is 11.1 Å². The third kappa shape index (κ3) is 4.77. The van der Waals surface area contributed by atoms with Crippen molar-refractivity contribution in [1.29, 1.82) is 0 Å². The number of carboxylic acids is 1. The van der Waals surface area contributed by atoms with Crippen molar-refractivity contribution in [1.82, 2.24) is 10.6 Å². The Balaban J connectivity index is 1.21. The maximum Gasteiger partial charge on any atom is 0.407 e. The average Bonchev–Trinajstić information content (AvgIpc) is 3.64. The summed E-state index contributed by atoms with van der Waals surface area (Å²) in [5.74, 6) is -1.44. The van der Waals surface area contributed by atoms with E-state index in [-0.39, 0.29) is 36.9 Å². The molecule has 2 aromatic carbocycles. The number of hydrogen-bond acceptors (Lipinski definition) is 4. The zero-order chi connectivity index (χ0) is 24.4. The second-order valence-corrected chi connectivity index (χ2v) is 10.1. The number of aliphatic carboxylic acids is 1. The van der Waals surface area contributed by atoms with E-state index in [1.165, 1.54) is 11.1 Å². The fraction of sp³-hybridized carbons (Fsp3) is 0.464. The summed E-state index contributed by atoms with van der Waals surface area (Å²) < 4.78 is 5.71. The van der Waals surface area contributed by atoms with Crippen molar-refractivity contribution in [3.8, 4) is 11.1 Å². The Labute approximate surface area is 205 Å². The number of carbonyl (C=O) groups excluding carboxylic acids is 2. The van der Waals surface area contributed by atoms with Crippen molar-refractivity contribution in [2.24, 2.45) is 11.3 Å². The van der Waals surface area contributed by atoms with Gasteiger partial charge in [-0.1, -0.05) is 67.8 Å². The molecule has 2 amide bonds. The Morgan fingerprint density at radius 2 is 1.54 bits per heavy atom. The summed E-state index contributed by atoms with van der Waals surface area (Å²) in [5, 5.41) is 15.2. The van der Waals surface area contributed by atoms with Crippen LogP contribution in [0.2, 0.25) is 0 Å². The van der Waals surface area contributed by atoms with Crippen LogP contribution in [0.1, 0.15) is 62.0 Å². The van der Waals surface area contributed by atoms with Crippen LogP contribution in [0, 0.1) is 11.3 Å². The summed E-state index contributed by atoms with van der Waals surface area (Å²) in [6.07, 6.45) is 4.88. The molecule has 0 spiro atoms. The highest BCUT2D eigenvalue weighted by Crippen LogP contribution is 2.45. The van der Waals surface area contributed by atoms with Gasteiger partial charge in [-0.05, 0) is 47.9 Å². The first kappa shape index (κ1) is 23.4. The number of carbonyl (C=O) groups is 3. The average molecular weight is 477 g/mol. The number of benzene rings is 2. The molecule has 35 heavy (non-hydrogen) atoms. The van der Waals surface area contributed by atoms with Gasteiger partial charge < -0.3 is 20.5 Å². The quantitative estimate of drug-likeness (QED) is 0.512. The number of ether oxygens (including phenoxy) is 1. The fourth-order valence-corrected chi connectivity index (χ4v) is 5.59. The number of alkyl carbamates (subject to hydrolysis) is 1. The first-order valence-electron chi connectivity index (χ1n) is 12.6. The standard InChI is InChI=1S/C28H32N2O5/c31-25(29-17-28(14-15-28)26(32)33)22-12-2-1-3-13-24(22)30-27(34)35-16-23-20-10-6-4-8-18(20)19-9-5-7-11-21(19)23/h4-11,22-24H,1-3,12-17H2,(H,29,31)(H,30,34)(H,32,33). The molecule has 0 bridgehead atoms. The van der Waals surface area contributed by atoms with Gasteiger partial charge in [0.25, 0.3) is 0 Å². The number of fused-ring (bicyclic) bond motifs is 3. The van der Waals surface area contributed by atoms with Crippen LogP contribution in [0.5, 0.6) is 0 Å². The first-order chi connectivity index (χ1) is 17.0. The van der Waals surface area contributed by atoms with Crippen molar-refractivity contribution < 1.29 is 24.2 Å². The molecule has 3 aliphatic rings. The normalized spacial score (nSPS) is 22.3. The molecule has 0 saturated heterocycles. The maximum atomic E-state index is 13.0. The summed E-state index contributed by atoms with van der Waals surface area (Å²) in [6, 6.07) is 16.1. The third-order valence-corrected chi connectivity index (χ3v) is 7.91. The predicted molar refractivity (Wildman–Crippen MR) is 131 cm³/mol. The first-order valence-corrected chi connectivity index (χ1v) is 12.6. The van der Waals surface area contributed by atoms with Crippen molar-refractivity contribution in [2.75, 3.05) is 13.2 Å². The molecule has 2 saturated carbocycles. The molecule has 7 nitrogen and oxygen atoms in total. The summed E-state index contributed by atoms with van der Waals surface area (Å²) in [5.41, 5.74) is 3.84. The van der Waals surface area contributed by atoms with Gasteiger partial charge in [0.05, 0.1) is 11.3 Å². The van der Waals surface area contributed by atoms with Gasteiger partial charge in [-0.15, -0.1) is 0 Å². The second kappa shape index (κ2) is 9.72. The van der Waals surface area contributed by atoms with Gasteiger partial charge in [-0.2, -0.15) is 0 Å². The van der Waals surface area contributed by atoms with Crippen molar-refractivity contribution in [3.63, 3.8) is 0 Å². The Bertz CT molecular complexity index is 1080. The van der Waals surface area contributed by atoms with E-state index in [1.807, 2.05) is 24.3 Å². The van der Waals surface area contributed by atoms with Crippen molar-refractivity contribution in [3.05, 3.63) is 59.7 Å². The topological polar surface area (TPSA) is 105 Å². The van der Waals surface area contributed by atoms with Crippen LogP contribution in [0.15, 0.2) is 48.5 Å². The SMILES string of the molecule is O=C(NC1CCCCCC1C(=O)NCC1(C(=O)O)CC1)OCC1c2ccccc2-c2ccccc21. The molecule has 0 aliphatic heterocycles. The van der Waals surface area contributed by atoms with E-state index in [4.69, 9.17) is 4.74 Å². The molecule has 3 aliphatic carbocycles. The van der Waals surface area contributed by atoms with Gasteiger partial charge in [-0.3, -0.25) is 9.59 Å². The highest BCUT2D eigenvalue weighted by Gasteiger charge is 2.50. The molecule has 5 rings (SSSR count). The zero-order valence-electron chi connectivity index (χ0n) is 19.8. The minimum atomic E-state index is -0.855. The van der Waals surface area contributed by atoms with Crippen molar-refractivity contribution >= 4 is 18.0 Å². The van der Waals surface area contributed by atoms with Gasteiger partial charge >= 0.3 is 12.1 Å². The zero-order valence-corrected chi connectivity index (χ0v) is 19.8. The Morgan fingerprint density at radius 1 is 0.914 bits per heavy atom. The number of rotatable bonds is 7. The Kier molecular flexibility index (Phi) is 6.50. The molecule has 0 heterocycles. The summed E-state index contributed by atoms with van der Waals surface area (Å²) in [4.78, 5) is 37.3. The van der Waals surface area contributed by atoms with Crippen LogP contribution in [-0.2, 0) is 14.3 Å². The van der Waals surface area contributed by atoms with Crippen LogP contribution < -0.4 is 10.6 Å². The van der Waals surface area contributed by atoms with E-state index in [1.54, 1.807) is 0 Å². The highest BCUT2D eigenvalue weighted by molar-refractivity contribution is 5.83. The lowest BCUT2D eigenvalue weighted by atomic mass is 9.93. The molecule has 2 unspecified atom stereocenters. The molecule has 0 radical (unpaired) electrons. The summed E-state index contributed by atoms with van der Waals surface area (Å²) in [6.45, 7) is 0.375. The summed E-state index contributed by atoms with van der Waals surface area (Å²) >= 11 is 0. The smallest absolute Gasteiger partial charge is 0.407 e. The van der Waals surface area contributed by atoms with Crippen LogP contribution >= 0.6 is 0 Å². The summed E-state index contributed by atoms with van der Waals surface area (Å²) in [7, 11) is 0. The lowest BCUT2D eigenvalue weighted by molar-refractivity contribution is -0.143. The highest BCUT2D eigenvalue weighted by atomic mass is 16.5. The van der Waals surface area contributed by atoms with Gasteiger partial charge in [0, 0.05) is 18.5 Å². The van der Waals surface area contributed by atoms with E-state index in [0.29, 0.717) is 25.7 Å². The Morgan fingerprint density at radius 3 is 2.17 bits per heavy atom. The van der Waals surface area contributed by atoms with Gasteiger partial charge in [0.1, 0.15) is 6.61 Å². The molecule has 2 aromatic rings.